The van der Waals surface area contributed by atoms with Crippen LogP contribution in [0.2, 0.25) is 5.02 Å². The highest BCUT2D eigenvalue weighted by Crippen LogP contribution is 2.49. The first kappa shape index (κ1) is 12.9. The number of aliphatic carboxylic acids is 1. The molecule has 0 spiro atoms. The molecule has 5 heteroatoms. The number of fused-ring (bicyclic) bond motifs is 2. The van der Waals surface area contributed by atoms with Crippen molar-refractivity contribution in [3.05, 3.63) is 34.6 Å². The Morgan fingerprint density at radius 1 is 1.53 bits per heavy atom. The highest BCUT2D eigenvalue weighted by atomic mass is 35.5. The topological polar surface area (TPSA) is 46.5 Å². The summed E-state index contributed by atoms with van der Waals surface area (Å²) in [7, 11) is 0. The third-order valence-electron chi connectivity index (χ3n) is 4.25. The molecule has 2 aliphatic heterocycles. The Labute approximate surface area is 115 Å². The zero-order valence-corrected chi connectivity index (χ0v) is 11.0. The van der Waals surface area contributed by atoms with Gasteiger partial charge < -0.3 is 9.84 Å². The minimum Gasteiger partial charge on any atom is -0.481 e. The largest absolute Gasteiger partial charge is 0.481 e. The van der Waals surface area contributed by atoms with Crippen LogP contribution in [0.25, 0.3) is 0 Å². The van der Waals surface area contributed by atoms with Gasteiger partial charge in [-0.2, -0.15) is 0 Å². The van der Waals surface area contributed by atoms with Gasteiger partial charge >= 0.3 is 5.97 Å². The van der Waals surface area contributed by atoms with Crippen molar-refractivity contribution >= 4 is 17.6 Å². The SMILES string of the molecule is O=C(O)C1(Cc2ccc(Cl)c(F)c2)CC2CCC1O2. The molecule has 0 saturated carbocycles. The highest BCUT2D eigenvalue weighted by Gasteiger charge is 2.57. The van der Waals surface area contributed by atoms with Gasteiger partial charge in [0.2, 0.25) is 0 Å². The van der Waals surface area contributed by atoms with E-state index in [-0.39, 0.29) is 23.7 Å². The molecule has 2 saturated heterocycles. The molecular weight excluding hydrogens is 271 g/mol. The smallest absolute Gasteiger partial charge is 0.312 e. The summed E-state index contributed by atoms with van der Waals surface area (Å²) in [6, 6.07) is 4.47. The molecule has 1 aromatic carbocycles. The predicted molar refractivity (Wildman–Crippen MR) is 67.7 cm³/mol. The molecule has 2 bridgehead atoms. The van der Waals surface area contributed by atoms with E-state index in [4.69, 9.17) is 16.3 Å². The normalized spacial score (nSPS) is 32.7. The number of halogens is 2. The van der Waals surface area contributed by atoms with E-state index in [0.29, 0.717) is 12.0 Å². The van der Waals surface area contributed by atoms with Crippen LogP contribution in [0.15, 0.2) is 18.2 Å². The maximum Gasteiger partial charge on any atom is 0.312 e. The third-order valence-corrected chi connectivity index (χ3v) is 4.55. The fraction of sp³-hybridized carbons (Fsp3) is 0.500. The Morgan fingerprint density at radius 2 is 2.32 bits per heavy atom. The van der Waals surface area contributed by atoms with E-state index in [9.17, 15) is 14.3 Å². The van der Waals surface area contributed by atoms with E-state index in [1.54, 1.807) is 6.07 Å². The van der Waals surface area contributed by atoms with Crippen molar-refractivity contribution in [1.29, 1.82) is 0 Å². The van der Waals surface area contributed by atoms with E-state index >= 15 is 0 Å². The molecule has 3 unspecified atom stereocenters. The van der Waals surface area contributed by atoms with E-state index in [2.05, 4.69) is 0 Å². The van der Waals surface area contributed by atoms with Gasteiger partial charge in [0.15, 0.2) is 0 Å². The van der Waals surface area contributed by atoms with Crippen LogP contribution in [0.3, 0.4) is 0 Å². The van der Waals surface area contributed by atoms with Crippen molar-refractivity contribution in [2.75, 3.05) is 0 Å². The summed E-state index contributed by atoms with van der Waals surface area (Å²) < 4.78 is 19.1. The van der Waals surface area contributed by atoms with E-state index < -0.39 is 17.2 Å². The number of carboxylic acid groups (broad SMARTS) is 1. The molecule has 19 heavy (non-hydrogen) atoms. The molecule has 2 heterocycles. The van der Waals surface area contributed by atoms with Crippen LogP contribution in [0, 0.1) is 11.2 Å². The van der Waals surface area contributed by atoms with Gasteiger partial charge in [-0.25, -0.2) is 4.39 Å². The fourth-order valence-electron chi connectivity index (χ4n) is 3.30. The van der Waals surface area contributed by atoms with Gasteiger partial charge in [0.25, 0.3) is 0 Å². The maximum atomic E-state index is 13.5. The quantitative estimate of drug-likeness (QED) is 0.928. The number of carboxylic acids is 1. The lowest BCUT2D eigenvalue weighted by Crippen LogP contribution is -2.42. The lowest BCUT2D eigenvalue weighted by atomic mass is 9.70. The van der Waals surface area contributed by atoms with Crippen molar-refractivity contribution < 1.29 is 19.0 Å². The molecule has 1 aromatic rings. The third kappa shape index (κ3) is 2.03. The number of rotatable bonds is 3. The molecule has 0 aliphatic carbocycles. The van der Waals surface area contributed by atoms with Crippen LogP contribution < -0.4 is 0 Å². The Kier molecular flexibility index (Phi) is 3.02. The van der Waals surface area contributed by atoms with Crippen molar-refractivity contribution in [1.82, 2.24) is 0 Å². The van der Waals surface area contributed by atoms with Gasteiger partial charge in [-0.1, -0.05) is 17.7 Å². The summed E-state index contributed by atoms with van der Waals surface area (Å²) in [5, 5.41) is 9.62. The van der Waals surface area contributed by atoms with Gasteiger partial charge in [-0.3, -0.25) is 4.79 Å². The summed E-state index contributed by atoms with van der Waals surface area (Å²) >= 11 is 5.64. The van der Waals surface area contributed by atoms with Crippen LogP contribution in [0.1, 0.15) is 24.8 Å². The second-order valence-corrected chi connectivity index (χ2v) is 5.82. The van der Waals surface area contributed by atoms with Gasteiger partial charge in [0.1, 0.15) is 11.2 Å². The number of hydrogen-bond acceptors (Lipinski definition) is 2. The first-order valence-electron chi connectivity index (χ1n) is 6.34. The molecule has 102 valence electrons. The molecule has 2 fully saturated rings. The fourth-order valence-corrected chi connectivity index (χ4v) is 3.42. The number of benzene rings is 1. The van der Waals surface area contributed by atoms with Crippen LogP contribution in [0.4, 0.5) is 4.39 Å². The number of ether oxygens (including phenoxy) is 1. The lowest BCUT2D eigenvalue weighted by molar-refractivity contribution is -0.152. The Hall–Kier alpha value is -1.13. The minimum atomic E-state index is -0.914. The Bertz CT molecular complexity index is 533. The minimum absolute atomic E-state index is 0.0400. The second kappa shape index (κ2) is 4.46. The van der Waals surface area contributed by atoms with Crippen LogP contribution >= 0.6 is 11.6 Å². The average molecular weight is 285 g/mol. The average Bonchev–Trinajstić information content (AvgIpc) is 2.94. The summed E-state index contributed by atoms with van der Waals surface area (Å²) in [6.45, 7) is 0. The Morgan fingerprint density at radius 3 is 2.84 bits per heavy atom. The molecule has 3 rings (SSSR count). The lowest BCUT2D eigenvalue weighted by Gasteiger charge is -2.31. The van der Waals surface area contributed by atoms with Gasteiger partial charge in [0.05, 0.1) is 17.2 Å². The molecule has 0 aromatic heterocycles. The van der Waals surface area contributed by atoms with Crippen LogP contribution in [0.5, 0.6) is 0 Å². The monoisotopic (exact) mass is 284 g/mol. The Balaban J connectivity index is 1.90. The van der Waals surface area contributed by atoms with Crippen LogP contribution in [-0.4, -0.2) is 23.3 Å². The molecular formula is C14H14ClFO3. The first-order chi connectivity index (χ1) is 9.01. The molecule has 3 nitrogen and oxygen atoms in total. The van der Waals surface area contributed by atoms with Gasteiger partial charge in [-0.05, 0) is 43.4 Å². The summed E-state index contributed by atoms with van der Waals surface area (Å²) in [5.41, 5.74) is -0.260. The van der Waals surface area contributed by atoms with E-state index in [1.807, 2.05) is 0 Å². The summed E-state index contributed by atoms with van der Waals surface area (Å²) in [5.74, 6) is -1.36. The summed E-state index contributed by atoms with van der Waals surface area (Å²) in [4.78, 5) is 11.7. The van der Waals surface area contributed by atoms with E-state index in [1.165, 1.54) is 12.1 Å². The standard InChI is InChI=1S/C14H14ClFO3/c15-10-3-1-8(5-11(10)16)6-14(13(17)18)7-9-2-4-12(14)19-9/h1,3,5,9,12H,2,4,6-7H2,(H,17,18). The van der Waals surface area contributed by atoms with Crippen molar-refractivity contribution in [3.8, 4) is 0 Å². The number of carbonyl (C=O) groups is 1. The van der Waals surface area contributed by atoms with E-state index in [0.717, 1.165) is 12.8 Å². The molecule has 0 amide bonds. The number of hydrogen-bond donors (Lipinski definition) is 1. The first-order valence-corrected chi connectivity index (χ1v) is 6.72. The summed E-state index contributed by atoms with van der Waals surface area (Å²) in [6.07, 6.45) is 2.28. The van der Waals surface area contributed by atoms with Gasteiger partial charge in [0, 0.05) is 0 Å². The van der Waals surface area contributed by atoms with Crippen LogP contribution in [-0.2, 0) is 16.0 Å². The highest BCUT2D eigenvalue weighted by molar-refractivity contribution is 6.30. The zero-order valence-electron chi connectivity index (χ0n) is 10.2. The molecule has 2 aliphatic rings. The van der Waals surface area contributed by atoms with Crippen molar-refractivity contribution in [2.24, 2.45) is 5.41 Å². The molecule has 3 atom stereocenters. The second-order valence-electron chi connectivity index (χ2n) is 5.41. The maximum absolute atomic E-state index is 13.5. The molecule has 1 N–H and O–H groups in total. The van der Waals surface area contributed by atoms with Gasteiger partial charge in [-0.15, -0.1) is 0 Å². The van der Waals surface area contributed by atoms with Crippen molar-refractivity contribution in [3.63, 3.8) is 0 Å². The van der Waals surface area contributed by atoms with Crippen molar-refractivity contribution in [2.45, 2.75) is 37.9 Å². The predicted octanol–water partition coefficient (Wildman–Crippen LogP) is 3.04. The zero-order chi connectivity index (χ0) is 13.6. The molecule has 0 radical (unpaired) electrons.